The molecule has 0 unspecified atom stereocenters. The molecule has 116 valence electrons. The summed E-state index contributed by atoms with van der Waals surface area (Å²) >= 11 is 1.26. The van der Waals surface area contributed by atoms with Crippen LogP contribution in [0.5, 0.6) is 0 Å². The van der Waals surface area contributed by atoms with E-state index in [1.165, 1.54) is 18.4 Å². The molecule has 0 spiro atoms. The van der Waals surface area contributed by atoms with Crippen molar-refractivity contribution in [3.8, 4) is 0 Å². The molecular formula is C14H21N3O3S. The molecule has 1 aromatic rings. The van der Waals surface area contributed by atoms with Gasteiger partial charge in [0.05, 0.1) is 19.3 Å². The lowest BCUT2D eigenvalue weighted by Gasteiger charge is -2.31. The quantitative estimate of drug-likeness (QED) is 0.799. The lowest BCUT2D eigenvalue weighted by atomic mass is 10.1. The number of ether oxygens (including phenoxy) is 1. The van der Waals surface area contributed by atoms with Crippen molar-refractivity contribution in [2.45, 2.75) is 18.9 Å². The first-order chi connectivity index (χ1) is 10.1. The number of amides is 1. The van der Waals surface area contributed by atoms with E-state index in [0.29, 0.717) is 23.2 Å². The van der Waals surface area contributed by atoms with E-state index in [-0.39, 0.29) is 5.91 Å². The van der Waals surface area contributed by atoms with Crippen LogP contribution in [-0.2, 0) is 9.53 Å². The summed E-state index contributed by atoms with van der Waals surface area (Å²) in [5.74, 6) is -0.517. The van der Waals surface area contributed by atoms with Crippen molar-refractivity contribution in [3.63, 3.8) is 0 Å². The van der Waals surface area contributed by atoms with Gasteiger partial charge in [-0.25, -0.2) is 4.79 Å². The van der Waals surface area contributed by atoms with Crippen molar-refractivity contribution in [3.05, 3.63) is 16.3 Å². The molecule has 2 N–H and O–H groups in total. The number of piperidine rings is 1. The highest BCUT2D eigenvalue weighted by atomic mass is 32.1. The van der Waals surface area contributed by atoms with Crippen LogP contribution < -0.4 is 10.6 Å². The Labute approximate surface area is 128 Å². The van der Waals surface area contributed by atoms with Crippen molar-refractivity contribution in [2.75, 3.05) is 39.1 Å². The third-order valence-electron chi connectivity index (χ3n) is 3.67. The number of nitrogens with one attached hydrogen (secondary N) is 2. The van der Waals surface area contributed by atoms with E-state index in [4.69, 9.17) is 4.74 Å². The number of likely N-dealkylation sites (tertiary alicyclic amines) is 1. The molecule has 0 atom stereocenters. The Hall–Kier alpha value is -1.44. The summed E-state index contributed by atoms with van der Waals surface area (Å²) in [5.41, 5.74) is 0.530. The van der Waals surface area contributed by atoms with Gasteiger partial charge in [-0.3, -0.25) is 9.69 Å². The summed E-state index contributed by atoms with van der Waals surface area (Å²) in [6.45, 7) is 2.17. The Kier molecular flexibility index (Phi) is 5.72. The van der Waals surface area contributed by atoms with Crippen molar-refractivity contribution in [1.29, 1.82) is 0 Å². The maximum atomic E-state index is 12.1. The monoisotopic (exact) mass is 311 g/mol. The standard InChI is InChI=1S/C14H21N3O3S/c1-15-10-3-6-17(7-4-10)9-12(18)16-11-5-8-21-13(11)14(19)20-2/h5,8,10,15H,3-4,6-7,9H2,1-2H3,(H,16,18). The zero-order valence-electron chi connectivity index (χ0n) is 12.3. The predicted molar refractivity (Wildman–Crippen MR) is 82.8 cm³/mol. The molecule has 2 rings (SSSR count). The molecule has 2 heterocycles. The van der Waals surface area contributed by atoms with E-state index in [2.05, 4.69) is 15.5 Å². The highest BCUT2D eigenvalue weighted by Gasteiger charge is 2.21. The van der Waals surface area contributed by atoms with Crippen LogP contribution in [0.2, 0.25) is 0 Å². The highest BCUT2D eigenvalue weighted by molar-refractivity contribution is 7.12. The Morgan fingerprint density at radius 1 is 1.43 bits per heavy atom. The van der Waals surface area contributed by atoms with Crippen LogP contribution in [-0.4, -0.2) is 56.6 Å². The van der Waals surface area contributed by atoms with Crippen LogP contribution in [0.25, 0.3) is 0 Å². The van der Waals surface area contributed by atoms with Gasteiger partial charge in [-0.2, -0.15) is 0 Å². The fraction of sp³-hybridized carbons (Fsp3) is 0.571. The molecule has 0 aliphatic carbocycles. The molecule has 0 radical (unpaired) electrons. The lowest BCUT2D eigenvalue weighted by Crippen LogP contribution is -2.44. The SMILES string of the molecule is CNC1CCN(CC(=O)Nc2ccsc2C(=O)OC)CC1. The molecule has 0 aromatic carbocycles. The minimum Gasteiger partial charge on any atom is -0.465 e. The van der Waals surface area contributed by atoms with Gasteiger partial charge in [0.25, 0.3) is 0 Å². The number of thiophene rings is 1. The van der Waals surface area contributed by atoms with E-state index in [1.54, 1.807) is 11.4 Å². The average Bonchev–Trinajstić information content (AvgIpc) is 2.95. The van der Waals surface area contributed by atoms with Gasteiger partial charge in [0.1, 0.15) is 4.88 Å². The summed E-state index contributed by atoms with van der Waals surface area (Å²) in [6.07, 6.45) is 2.10. The van der Waals surface area contributed by atoms with E-state index >= 15 is 0 Å². The number of nitrogens with zero attached hydrogens (tertiary/aromatic N) is 1. The van der Waals surface area contributed by atoms with Gasteiger partial charge >= 0.3 is 5.97 Å². The summed E-state index contributed by atoms with van der Waals surface area (Å²) in [6, 6.07) is 2.27. The molecule has 1 aliphatic heterocycles. The average molecular weight is 311 g/mol. The minimum absolute atomic E-state index is 0.0959. The normalized spacial score (nSPS) is 16.7. The van der Waals surface area contributed by atoms with E-state index < -0.39 is 5.97 Å². The molecule has 1 saturated heterocycles. The van der Waals surface area contributed by atoms with Crippen LogP contribution >= 0.6 is 11.3 Å². The summed E-state index contributed by atoms with van der Waals surface area (Å²) in [4.78, 5) is 26.2. The van der Waals surface area contributed by atoms with Crippen molar-refractivity contribution in [1.82, 2.24) is 10.2 Å². The van der Waals surface area contributed by atoms with Gasteiger partial charge in [0.15, 0.2) is 0 Å². The lowest BCUT2D eigenvalue weighted by molar-refractivity contribution is -0.117. The van der Waals surface area contributed by atoms with E-state index in [0.717, 1.165) is 25.9 Å². The second-order valence-corrected chi connectivity index (χ2v) is 5.96. The molecule has 0 bridgehead atoms. The van der Waals surface area contributed by atoms with Crippen molar-refractivity contribution in [2.24, 2.45) is 0 Å². The molecule has 1 amide bonds. The summed E-state index contributed by atoms with van der Waals surface area (Å²) in [7, 11) is 3.30. The van der Waals surface area contributed by atoms with Gasteiger partial charge in [-0.15, -0.1) is 11.3 Å². The summed E-state index contributed by atoms with van der Waals surface area (Å²) in [5, 5.41) is 7.82. The van der Waals surface area contributed by atoms with Crippen LogP contribution in [0.1, 0.15) is 22.5 Å². The third kappa shape index (κ3) is 4.26. The third-order valence-corrected chi connectivity index (χ3v) is 4.57. The maximum absolute atomic E-state index is 12.1. The number of hydrogen-bond donors (Lipinski definition) is 2. The van der Waals surface area contributed by atoms with Crippen LogP contribution in [0.3, 0.4) is 0 Å². The Bertz CT molecular complexity index is 495. The molecule has 1 aliphatic rings. The maximum Gasteiger partial charge on any atom is 0.350 e. The number of carbonyl (C=O) groups excluding carboxylic acids is 2. The zero-order valence-corrected chi connectivity index (χ0v) is 13.2. The minimum atomic E-state index is -0.421. The van der Waals surface area contributed by atoms with Crippen molar-refractivity contribution >= 4 is 28.9 Å². The second-order valence-electron chi connectivity index (χ2n) is 5.04. The first-order valence-corrected chi connectivity index (χ1v) is 7.87. The topological polar surface area (TPSA) is 70.7 Å². The Balaban J connectivity index is 1.85. The number of anilines is 1. The zero-order chi connectivity index (χ0) is 15.2. The Morgan fingerprint density at radius 3 is 2.76 bits per heavy atom. The van der Waals surface area contributed by atoms with E-state index in [9.17, 15) is 9.59 Å². The number of carbonyl (C=O) groups is 2. The molecular weight excluding hydrogens is 290 g/mol. The molecule has 21 heavy (non-hydrogen) atoms. The molecule has 7 heteroatoms. The first-order valence-electron chi connectivity index (χ1n) is 6.99. The van der Waals surface area contributed by atoms with Crippen molar-refractivity contribution < 1.29 is 14.3 Å². The van der Waals surface area contributed by atoms with Crippen LogP contribution in [0, 0.1) is 0 Å². The largest absolute Gasteiger partial charge is 0.465 e. The predicted octanol–water partition coefficient (Wildman–Crippen LogP) is 1.16. The number of methoxy groups -OCH3 is 1. The molecule has 0 saturated carbocycles. The van der Waals surface area contributed by atoms with Gasteiger partial charge in [-0.05, 0) is 31.3 Å². The van der Waals surface area contributed by atoms with Gasteiger partial charge in [0, 0.05) is 19.1 Å². The van der Waals surface area contributed by atoms with Gasteiger partial charge in [-0.1, -0.05) is 0 Å². The summed E-state index contributed by atoms with van der Waals surface area (Å²) < 4.78 is 4.69. The van der Waals surface area contributed by atoms with Gasteiger partial charge in [0.2, 0.25) is 5.91 Å². The molecule has 1 fully saturated rings. The smallest absolute Gasteiger partial charge is 0.350 e. The highest BCUT2D eigenvalue weighted by Crippen LogP contribution is 2.23. The fourth-order valence-corrected chi connectivity index (χ4v) is 3.20. The first kappa shape index (κ1) is 15.9. The number of rotatable bonds is 5. The fourth-order valence-electron chi connectivity index (χ4n) is 2.43. The Morgan fingerprint density at radius 2 is 2.14 bits per heavy atom. The van der Waals surface area contributed by atoms with Crippen LogP contribution in [0.15, 0.2) is 11.4 Å². The van der Waals surface area contributed by atoms with Crippen LogP contribution in [0.4, 0.5) is 5.69 Å². The number of hydrogen-bond acceptors (Lipinski definition) is 6. The number of esters is 1. The second kappa shape index (κ2) is 7.53. The molecule has 1 aromatic heterocycles. The van der Waals surface area contributed by atoms with E-state index in [1.807, 2.05) is 7.05 Å². The molecule has 6 nitrogen and oxygen atoms in total. The van der Waals surface area contributed by atoms with Gasteiger partial charge < -0.3 is 15.4 Å².